The van der Waals surface area contributed by atoms with Crippen LogP contribution >= 0.6 is 0 Å². The fourth-order valence-electron chi connectivity index (χ4n) is 5.06. The van der Waals surface area contributed by atoms with E-state index < -0.39 is 40.0 Å². The van der Waals surface area contributed by atoms with Crippen molar-refractivity contribution in [3.63, 3.8) is 0 Å². The van der Waals surface area contributed by atoms with Crippen molar-refractivity contribution in [1.29, 1.82) is 0 Å². The molecule has 2 fully saturated rings. The van der Waals surface area contributed by atoms with E-state index in [9.17, 15) is 18.0 Å². The van der Waals surface area contributed by atoms with Crippen molar-refractivity contribution in [1.82, 2.24) is 4.90 Å². The Morgan fingerprint density at radius 1 is 0.718 bits per heavy atom. The second-order valence-corrected chi connectivity index (χ2v) is 10.8. The quantitative estimate of drug-likeness (QED) is 0.252. The van der Waals surface area contributed by atoms with E-state index in [1.54, 1.807) is 48.5 Å². The summed E-state index contributed by atoms with van der Waals surface area (Å²) >= 11 is 0. The third-order valence-corrected chi connectivity index (χ3v) is 8.12. The first-order chi connectivity index (χ1) is 18.9. The average molecular weight is 541 g/mol. The number of imide groups is 1. The van der Waals surface area contributed by atoms with E-state index in [4.69, 9.17) is 9.02 Å². The summed E-state index contributed by atoms with van der Waals surface area (Å²) in [6, 6.07) is 32.0. The number of likely N-dealkylation sites (tertiary alicyclic amines) is 1. The lowest BCUT2D eigenvalue weighted by atomic mass is 9.90. The fraction of sp³-hybridized carbons (Fsp3) is 0.133. The summed E-state index contributed by atoms with van der Waals surface area (Å²) in [7, 11) is -4.17. The number of anilines is 1. The van der Waals surface area contributed by atoms with Crippen LogP contribution in [0.25, 0.3) is 0 Å². The number of fused-ring (bicyclic) bond motifs is 1. The molecule has 2 amide bonds. The lowest BCUT2D eigenvalue weighted by Gasteiger charge is -2.29. The first kappa shape index (κ1) is 24.8. The summed E-state index contributed by atoms with van der Waals surface area (Å²) in [5, 5.41) is 1.52. The standard InChI is InChI=1S/C30H24N2O6S/c33-29-26-27(24-18-10-11-19-25(24)38-39(35,36)23-16-8-3-9-17-23)32(22-14-6-2-7-15-22)37-28(26)30(34)31(29)20-21-12-4-1-5-13-21/h1-19,26-28H,20H2. The van der Waals surface area contributed by atoms with Crippen LogP contribution in [0.4, 0.5) is 5.69 Å². The van der Waals surface area contributed by atoms with Gasteiger partial charge in [-0.3, -0.25) is 19.3 Å². The minimum Gasteiger partial charge on any atom is -0.379 e. The summed E-state index contributed by atoms with van der Waals surface area (Å²) in [5.41, 5.74) is 1.84. The van der Waals surface area contributed by atoms with Gasteiger partial charge < -0.3 is 4.18 Å². The van der Waals surface area contributed by atoms with Gasteiger partial charge in [0.15, 0.2) is 6.10 Å². The van der Waals surface area contributed by atoms with Gasteiger partial charge in [0.05, 0.1) is 18.3 Å². The molecule has 39 heavy (non-hydrogen) atoms. The highest BCUT2D eigenvalue weighted by atomic mass is 32.2. The SMILES string of the molecule is O=C1C2ON(c3ccccc3)C(c3ccccc3OS(=O)(=O)c3ccccc3)C2C(=O)N1Cc1ccccc1. The summed E-state index contributed by atoms with van der Waals surface area (Å²) in [5.74, 6) is -1.69. The number of carbonyl (C=O) groups excluding carboxylic acids is 2. The number of nitrogens with zero attached hydrogens (tertiary/aromatic N) is 2. The molecule has 0 aromatic heterocycles. The number of hydroxylamine groups is 1. The molecule has 4 aromatic rings. The Hall–Kier alpha value is -4.47. The van der Waals surface area contributed by atoms with Gasteiger partial charge in [0.25, 0.3) is 5.91 Å². The van der Waals surface area contributed by atoms with Crippen molar-refractivity contribution >= 4 is 27.6 Å². The average Bonchev–Trinajstić information content (AvgIpc) is 3.46. The molecule has 0 N–H and O–H groups in total. The topological polar surface area (TPSA) is 93.2 Å². The minimum atomic E-state index is -4.17. The van der Waals surface area contributed by atoms with Gasteiger partial charge in [-0.25, -0.2) is 5.06 Å². The molecule has 8 nitrogen and oxygen atoms in total. The molecule has 2 aliphatic rings. The van der Waals surface area contributed by atoms with Gasteiger partial charge in [0.2, 0.25) is 5.91 Å². The molecule has 0 aliphatic carbocycles. The fourth-order valence-corrected chi connectivity index (χ4v) is 6.04. The highest BCUT2D eigenvalue weighted by Crippen LogP contribution is 2.49. The van der Waals surface area contributed by atoms with Crippen LogP contribution in [0.1, 0.15) is 17.2 Å². The Morgan fingerprint density at radius 3 is 2.00 bits per heavy atom. The minimum absolute atomic E-state index is 0.00132. The highest BCUT2D eigenvalue weighted by molar-refractivity contribution is 7.87. The maximum Gasteiger partial charge on any atom is 0.339 e. The molecular formula is C30H24N2O6S. The van der Waals surface area contributed by atoms with Crippen molar-refractivity contribution in [3.8, 4) is 5.75 Å². The lowest BCUT2D eigenvalue weighted by Crippen LogP contribution is -2.37. The molecule has 2 aliphatic heterocycles. The summed E-state index contributed by atoms with van der Waals surface area (Å²) < 4.78 is 31.9. The molecule has 196 valence electrons. The van der Waals surface area contributed by atoms with Gasteiger partial charge in [-0.15, -0.1) is 0 Å². The summed E-state index contributed by atoms with van der Waals surface area (Å²) in [6.07, 6.45) is -1.06. The largest absolute Gasteiger partial charge is 0.379 e. The number of rotatable bonds is 7. The summed E-state index contributed by atoms with van der Waals surface area (Å²) in [6.45, 7) is 0.119. The van der Waals surface area contributed by atoms with E-state index in [2.05, 4.69) is 0 Å². The predicted octanol–water partition coefficient (Wildman–Crippen LogP) is 4.50. The summed E-state index contributed by atoms with van der Waals surface area (Å²) in [4.78, 5) is 34.7. The number of hydrogen-bond acceptors (Lipinski definition) is 7. The zero-order valence-electron chi connectivity index (χ0n) is 20.7. The van der Waals surface area contributed by atoms with Gasteiger partial charge in [-0.05, 0) is 35.9 Å². The van der Waals surface area contributed by atoms with Crippen molar-refractivity contribution in [2.24, 2.45) is 5.92 Å². The smallest absolute Gasteiger partial charge is 0.339 e. The molecule has 6 rings (SSSR count). The van der Waals surface area contributed by atoms with Gasteiger partial charge >= 0.3 is 10.1 Å². The monoisotopic (exact) mass is 540 g/mol. The second-order valence-electron chi connectivity index (χ2n) is 9.29. The van der Waals surface area contributed by atoms with E-state index in [0.29, 0.717) is 11.3 Å². The van der Waals surface area contributed by atoms with Crippen LogP contribution < -0.4 is 9.25 Å². The van der Waals surface area contributed by atoms with Crippen molar-refractivity contribution in [3.05, 3.63) is 126 Å². The second kappa shape index (κ2) is 10.0. The molecule has 0 radical (unpaired) electrons. The Bertz CT molecular complexity index is 1610. The van der Waals surface area contributed by atoms with E-state index in [1.807, 2.05) is 48.5 Å². The Labute approximate surface area is 226 Å². The highest BCUT2D eigenvalue weighted by Gasteiger charge is 2.60. The molecule has 4 aromatic carbocycles. The van der Waals surface area contributed by atoms with Crippen molar-refractivity contribution in [2.45, 2.75) is 23.6 Å². The zero-order valence-corrected chi connectivity index (χ0v) is 21.5. The molecule has 2 saturated heterocycles. The van der Waals surface area contributed by atoms with Crippen LogP contribution in [0.2, 0.25) is 0 Å². The lowest BCUT2D eigenvalue weighted by molar-refractivity contribution is -0.143. The number of amides is 2. The third-order valence-electron chi connectivity index (χ3n) is 6.87. The van der Waals surface area contributed by atoms with Crippen LogP contribution in [0.3, 0.4) is 0 Å². The van der Waals surface area contributed by atoms with E-state index in [-0.39, 0.29) is 17.2 Å². The molecule has 3 unspecified atom stereocenters. The maximum absolute atomic E-state index is 13.8. The van der Waals surface area contributed by atoms with Gasteiger partial charge in [-0.1, -0.05) is 84.9 Å². The molecule has 2 heterocycles. The third kappa shape index (κ3) is 4.56. The van der Waals surface area contributed by atoms with Gasteiger partial charge in [-0.2, -0.15) is 8.42 Å². The normalized spacial score (nSPS) is 20.8. The van der Waals surface area contributed by atoms with E-state index in [1.165, 1.54) is 28.2 Å². The number of carbonyl (C=O) groups is 2. The molecule has 0 spiro atoms. The van der Waals surface area contributed by atoms with Gasteiger partial charge in [0.1, 0.15) is 16.6 Å². The van der Waals surface area contributed by atoms with Crippen molar-refractivity contribution < 1.29 is 27.0 Å². The van der Waals surface area contributed by atoms with Crippen LogP contribution in [-0.2, 0) is 31.1 Å². The molecule has 0 saturated carbocycles. The Morgan fingerprint density at radius 2 is 1.31 bits per heavy atom. The van der Waals surface area contributed by atoms with Crippen LogP contribution in [0.5, 0.6) is 5.75 Å². The van der Waals surface area contributed by atoms with Crippen molar-refractivity contribution in [2.75, 3.05) is 5.06 Å². The Balaban J connectivity index is 1.41. The van der Waals surface area contributed by atoms with E-state index >= 15 is 0 Å². The van der Waals surface area contributed by atoms with Crippen LogP contribution in [0.15, 0.2) is 120 Å². The molecule has 0 bridgehead atoms. The van der Waals surface area contributed by atoms with Crippen LogP contribution in [0, 0.1) is 5.92 Å². The molecule has 9 heteroatoms. The van der Waals surface area contributed by atoms with E-state index in [0.717, 1.165) is 5.56 Å². The molecular weight excluding hydrogens is 516 g/mol. The Kier molecular flexibility index (Phi) is 6.38. The molecule has 3 atom stereocenters. The predicted molar refractivity (Wildman–Crippen MR) is 143 cm³/mol. The first-order valence-corrected chi connectivity index (χ1v) is 13.8. The zero-order chi connectivity index (χ0) is 27.0. The maximum atomic E-state index is 13.8. The number of hydrogen-bond donors (Lipinski definition) is 0. The number of para-hydroxylation sites is 2. The van der Waals surface area contributed by atoms with Crippen LogP contribution in [-0.4, -0.2) is 31.2 Å². The number of benzene rings is 4. The first-order valence-electron chi connectivity index (χ1n) is 12.4. The van der Waals surface area contributed by atoms with Gasteiger partial charge in [0, 0.05) is 5.56 Å².